The van der Waals surface area contributed by atoms with Crippen molar-refractivity contribution in [3.63, 3.8) is 0 Å². The highest BCUT2D eigenvalue weighted by Gasteiger charge is 2.40. The van der Waals surface area contributed by atoms with E-state index < -0.39 is 55.2 Å². The van der Waals surface area contributed by atoms with Crippen molar-refractivity contribution in [2.75, 3.05) is 6.61 Å². The van der Waals surface area contributed by atoms with Gasteiger partial charge in [-0.2, -0.15) is 13.2 Å². The standard InChI is InChI=1S/C10H15F3N2O6/c1-4(16)6(14)8(19)21-3-2-5(7(17)18)15-9(20)10(11,12)13/h4-6,16H,2-3,14H2,1H3,(H,15,20)(H,17,18)/t4?,5-,6-/m0/s1. The number of esters is 1. The quantitative estimate of drug-likeness (QED) is 0.431. The first-order valence-corrected chi connectivity index (χ1v) is 5.67. The first-order chi connectivity index (χ1) is 9.46. The average molecular weight is 316 g/mol. The Morgan fingerprint density at radius 2 is 1.86 bits per heavy atom. The van der Waals surface area contributed by atoms with Crippen LogP contribution >= 0.6 is 0 Å². The minimum Gasteiger partial charge on any atom is -0.480 e. The molecule has 0 aliphatic heterocycles. The molecule has 3 atom stereocenters. The molecule has 122 valence electrons. The van der Waals surface area contributed by atoms with Crippen LogP contribution in [0.2, 0.25) is 0 Å². The van der Waals surface area contributed by atoms with Gasteiger partial charge in [-0.1, -0.05) is 0 Å². The third-order valence-electron chi connectivity index (χ3n) is 2.30. The summed E-state index contributed by atoms with van der Waals surface area (Å²) in [5.41, 5.74) is 5.22. The van der Waals surface area contributed by atoms with Gasteiger partial charge in [-0.05, 0) is 6.92 Å². The molecule has 0 spiro atoms. The second-order valence-corrected chi connectivity index (χ2v) is 4.08. The Hall–Kier alpha value is -1.88. The summed E-state index contributed by atoms with van der Waals surface area (Å²) in [6, 6.07) is -3.24. The number of rotatable bonds is 7. The number of aliphatic hydroxyl groups is 1. The molecule has 0 fully saturated rings. The van der Waals surface area contributed by atoms with Crippen LogP contribution in [0.3, 0.4) is 0 Å². The number of alkyl halides is 3. The Kier molecular flexibility index (Phi) is 7.09. The SMILES string of the molecule is CC(O)[C@H](N)C(=O)OCC[C@H](NC(=O)C(F)(F)F)C(=O)O. The van der Waals surface area contributed by atoms with E-state index in [1.165, 1.54) is 12.2 Å². The summed E-state index contributed by atoms with van der Waals surface area (Å²) in [5, 5.41) is 18.9. The fraction of sp³-hybridized carbons (Fsp3) is 0.700. The molecule has 0 aromatic heterocycles. The van der Waals surface area contributed by atoms with Crippen molar-refractivity contribution in [1.29, 1.82) is 0 Å². The number of carboxylic acid groups (broad SMARTS) is 1. The summed E-state index contributed by atoms with van der Waals surface area (Å²) in [5.74, 6) is -5.18. The number of aliphatic carboxylic acids is 1. The Morgan fingerprint density at radius 3 is 2.24 bits per heavy atom. The number of carboxylic acids is 1. The number of halogens is 3. The molecule has 0 bridgehead atoms. The van der Waals surface area contributed by atoms with Gasteiger partial charge in [0.15, 0.2) is 0 Å². The van der Waals surface area contributed by atoms with Gasteiger partial charge >= 0.3 is 24.0 Å². The fourth-order valence-electron chi connectivity index (χ4n) is 1.07. The van der Waals surface area contributed by atoms with Crippen molar-refractivity contribution in [3.05, 3.63) is 0 Å². The van der Waals surface area contributed by atoms with E-state index >= 15 is 0 Å². The minimum atomic E-state index is -5.22. The van der Waals surface area contributed by atoms with Gasteiger partial charge in [0, 0.05) is 6.42 Å². The van der Waals surface area contributed by atoms with Gasteiger partial charge in [0.25, 0.3) is 0 Å². The summed E-state index contributed by atoms with van der Waals surface area (Å²) in [7, 11) is 0. The Labute approximate surface area is 117 Å². The van der Waals surface area contributed by atoms with Crippen molar-refractivity contribution in [3.8, 4) is 0 Å². The number of nitrogens with one attached hydrogen (secondary N) is 1. The molecule has 0 aliphatic rings. The molecule has 8 nitrogen and oxygen atoms in total. The van der Waals surface area contributed by atoms with Gasteiger partial charge in [-0.3, -0.25) is 9.59 Å². The summed E-state index contributed by atoms with van der Waals surface area (Å²) in [6.07, 6.45) is -7.02. The molecule has 0 rings (SSSR count). The maximum absolute atomic E-state index is 12.0. The van der Waals surface area contributed by atoms with Crippen LogP contribution in [-0.2, 0) is 19.1 Å². The number of ether oxygens (including phenoxy) is 1. The van der Waals surface area contributed by atoms with Crippen LogP contribution in [0.15, 0.2) is 0 Å². The number of carbonyl (C=O) groups is 3. The van der Waals surface area contributed by atoms with Gasteiger partial charge in [-0.15, -0.1) is 0 Å². The average Bonchev–Trinajstić information content (AvgIpc) is 2.34. The van der Waals surface area contributed by atoms with Crippen LogP contribution in [0.4, 0.5) is 13.2 Å². The van der Waals surface area contributed by atoms with E-state index in [2.05, 4.69) is 4.74 Å². The molecule has 0 aromatic carbocycles. The van der Waals surface area contributed by atoms with Crippen LogP contribution in [0.5, 0.6) is 0 Å². The third kappa shape index (κ3) is 6.90. The number of nitrogens with two attached hydrogens (primary N) is 1. The van der Waals surface area contributed by atoms with Crippen LogP contribution < -0.4 is 11.1 Å². The summed E-state index contributed by atoms with van der Waals surface area (Å²) >= 11 is 0. The van der Waals surface area contributed by atoms with Gasteiger partial charge in [0.1, 0.15) is 12.1 Å². The fourth-order valence-corrected chi connectivity index (χ4v) is 1.07. The molecule has 11 heteroatoms. The molecule has 0 aromatic rings. The summed E-state index contributed by atoms with van der Waals surface area (Å²) in [6.45, 7) is 0.629. The van der Waals surface area contributed by atoms with Crippen LogP contribution in [-0.4, -0.2) is 59.0 Å². The van der Waals surface area contributed by atoms with Gasteiger partial charge < -0.3 is 26.0 Å². The Balaban J connectivity index is 4.40. The summed E-state index contributed by atoms with van der Waals surface area (Å²) in [4.78, 5) is 32.5. The molecular formula is C10H15F3N2O6. The highest BCUT2D eigenvalue weighted by Crippen LogP contribution is 2.14. The lowest BCUT2D eigenvalue weighted by Crippen LogP contribution is -2.47. The molecule has 0 saturated heterocycles. The van der Waals surface area contributed by atoms with Crippen molar-refractivity contribution < 1.29 is 42.5 Å². The first kappa shape index (κ1) is 19.1. The van der Waals surface area contributed by atoms with Gasteiger partial charge in [0.2, 0.25) is 0 Å². The van der Waals surface area contributed by atoms with Gasteiger partial charge in [-0.25, -0.2) is 4.79 Å². The number of hydrogen-bond donors (Lipinski definition) is 4. The van der Waals surface area contributed by atoms with E-state index in [4.69, 9.17) is 15.9 Å². The number of hydrogen-bond acceptors (Lipinski definition) is 6. The molecular weight excluding hydrogens is 301 g/mol. The zero-order valence-electron chi connectivity index (χ0n) is 10.9. The van der Waals surface area contributed by atoms with Crippen molar-refractivity contribution in [2.45, 2.75) is 37.7 Å². The van der Waals surface area contributed by atoms with E-state index in [0.717, 1.165) is 0 Å². The molecule has 1 unspecified atom stereocenters. The normalized spacial score (nSPS) is 15.7. The van der Waals surface area contributed by atoms with Crippen molar-refractivity contribution in [2.24, 2.45) is 5.73 Å². The molecule has 0 heterocycles. The maximum atomic E-state index is 12.0. The Bertz CT molecular complexity index is 399. The van der Waals surface area contributed by atoms with E-state index in [9.17, 15) is 27.6 Å². The lowest BCUT2D eigenvalue weighted by atomic mass is 10.2. The molecule has 1 amide bonds. The zero-order chi connectivity index (χ0) is 16.8. The lowest BCUT2D eigenvalue weighted by molar-refractivity contribution is -0.175. The lowest BCUT2D eigenvalue weighted by Gasteiger charge is -2.17. The largest absolute Gasteiger partial charge is 0.480 e. The first-order valence-electron chi connectivity index (χ1n) is 5.67. The van der Waals surface area contributed by atoms with Crippen LogP contribution in [0.1, 0.15) is 13.3 Å². The monoisotopic (exact) mass is 316 g/mol. The van der Waals surface area contributed by atoms with Crippen LogP contribution in [0, 0.1) is 0 Å². The van der Waals surface area contributed by atoms with Crippen molar-refractivity contribution >= 4 is 17.8 Å². The number of aliphatic hydroxyl groups excluding tert-OH is 1. The predicted molar refractivity (Wildman–Crippen MR) is 60.9 cm³/mol. The second kappa shape index (κ2) is 7.78. The second-order valence-electron chi connectivity index (χ2n) is 4.08. The number of amides is 1. The predicted octanol–water partition coefficient (Wildman–Crippen LogP) is -1.24. The van der Waals surface area contributed by atoms with E-state index in [1.807, 2.05) is 0 Å². The van der Waals surface area contributed by atoms with Crippen molar-refractivity contribution in [1.82, 2.24) is 5.32 Å². The number of carbonyl (C=O) groups excluding carboxylic acids is 2. The maximum Gasteiger partial charge on any atom is 0.471 e. The van der Waals surface area contributed by atoms with E-state index in [-0.39, 0.29) is 0 Å². The van der Waals surface area contributed by atoms with Gasteiger partial charge in [0.05, 0.1) is 12.7 Å². The van der Waals surface area contributed by atoms with Crippen LogP contribution in [0.25, 0.3) is 0 Å². The van der Waals surface area contributed by atoms with E-state index in [0.29, 0.717) is 0 Å². The molecule has 0 aliphatic carbocycles. The smallest absolute Gasteiger partial charge is 0.471 e. The summed E-state index contributed by atoms with van der Waals surface area (Å²) < 4.78 is 40.4. The minimum absolute atomic E-state index is 0.588. The molecule has 0 radical (unpaired) electrons. The highest BCUT2D eigenvalue weighted by atomic mass is 19.4. The highest BCUT2D eigenvalue weighted by molar-refractivity contribution is 5.86. The molecule has 0 saturated carbocycles. The van der Waals surface area contributed by atoms with E-state index in [1.54, 1.807) is 0 Å². The third-order valence-corrected chi connectivity index (χ3v) is 2.30. The molecule has 5 N–H and O–H groups in total. The topological polar surface area (TPSA) is 139 Å². The zero-order valence-corrected chi connectivity index (χ0v) is 10.9. The Morgan fingerprint density at radius 1 is 1.33 bits per heavy atom. The molecule has 21 heavy (non-hydrogen) atoms.